The molecule has 2 aliphatic heterocycles. The number of fused-ring (bicyclic) bond motifs is 1. The van der Waals surface area contributed by atoms with Crippen LogP contribution in [0.5, 0.6) is 11.5 Å². The van der Waals surface area contributed by atoms with Crippen LogP contribution in [0.15, 0.2) is 72.3 Å². The lowest BCUT2D eigenvalue weighted by Crippen LogP contribution is -2.29. The number of Topliss-reactive ketones (excluding diaryl/α,β-unsaturated/α-hetero) is 1. The van der Waals surface area contributed by atoms with Crippen molar-refractivity contribution >= 4 is 28.8 Å². The number of carbonyl (C=O) groups excluding carboxylic acids is 2. The van der Waals surface area contributed by atoms with Crippen LogP contribution in [0.4, 0.5) is 11.4 Å². The van der Waals surface area contributed by atoms with E-state index >= 15 is 0 Å². The lowest BCUT2D eigenvalue weighted by molar-refractivity contribution is -0.132. The molecule has 0 aliphatic carbocycles. The first-order valence-corrected chi connectivity index (χ1v) is 11.4. The molecule has 1 N–H and O–H groups in total. The molecule has 0 spiro atoms. The lowest BCUT2D eigenvalue weighted by Gasteiger charge is -2.26. The fourth-order valence-electron chi connectivity index (χ4n) is 4.42. The van der Waals surface area contributed by atoms with E-state index in [4.69, 9.17) is 9.47 Å². The Morgan fingerprint density at radius 1 is 0.914 bits per heavy atom. The van der Waals surface area contributed by atoms with Crippen molar-refractivity contribution in [1.29, 1.82) is 0 Å². The number of benzene rings is 3. The summed E-state index contributed by atoms with van der Waals surface area (Å²) < 4.78 is 11.2. The molecule has 0 aromatic heterocycles. The highest BCUT2D eigenvalue weighted by Crippen LogP contribution is 2.43. The van der Waals surface area contributed by atoms with Crippen molar-refractivity contribution in [3.63, 3.8) is 0 Å². The van der Waals surface area contributed by atoms with Crippen LogP contribution in [0.25, 0.3) is 5.76 Å². The minimum absolute atomic E-state index is 0.0323. The van der Waals surface area contributed by atoms with Gasteiger partial charge in [0.05, 0.1) is 11.6 Å². The van der Waals surface area contributed by atoms with Gasteiger partial charge in [0.15, 0.2) is 11.5 Å². The Hall–Kier alpha value is -4.26. The van der Waals surface area contributed by atoms with Crippen molar-refractivity contribution in [3.05, 3.63) is 89.0 Å². The van der Waals surface area contributed by atoms with Crippen LogP contribution in [-0.4, -0.2) is 44.1 Å². The summed E-state index contributed by atoms with van der Waals surface area (Å²) in [5.74, 6) is -0.616. The van der Waals surface area contributed by atoms with Crippen molar-refractivity contribution in [3.8, 4) is 11.5 Å². The van der Waals surface area contributed by atoms with Gasteiger partial charge in [-0.3, -0.25) is 14.5 Å². The second-order valence-electron chi connectivity index (χ2n) is 8.85. The molecule has 1 atom stereocenters. The normalized spacial score (nSPS) is 18.6. The maximum atomic E-state index is 13.3. The number of hydrogen-bond acceptors (Lipinski definition) is 6. The Morgan fingerprint density at radius 2 is 1.57 bits per heavy atom. The molecule has 3 aromatic carbocycles. The van der Waals surface area contributed by atoms with Gasteiger partial charge in [0.25, 0.3) is 11.7 Å². The van der Waals surface area contributed by atoms with Gasteiger partial charge >= 0.3 is 0 Å². The number of ketones is 1. The zero-order valence-electron chi connectivity index (χ0n) is 19.8. The molecule has 178 valence electrons. The van der Waals surface area contributed by atoms with Crippen LogP contribution in [0, 0.1) is 6.92 Å². The monoisotopic (exact) mass is 470 g/mol. The van der Waals surface area contributed by atoms with Gasteiger partial charge < -0.3 is 19.5 Å². The third kappa shape index (κ3) is 3.99. The molecule has 7 nitrogen and oxygen atoms in total. The molecule has 3 aromatic rings. The molecule has 7 heteroatoms. The van der Waals surface area contributed by atoms with Crippen molar-refractivity contribution < 1.29 is 24.2 Å². The Balaban J connectivity index is 1.67. The molecule has 1 fully saturated rings. The van der Waals surface area contributed by atoms with Crippen molar-refractivity contribution in [2.24, 2.45) is 0 Å². The highest BCUT2D eigenvalue weighted by molar-refractivity contribution is 6.51. The molecular formula is C28H26N2O5. The smallest absolute Gasteiger partial charge is 0.300 e. The molecule has 1 unspecified atom stereocenters. The fourth-order valence-corrected chi connectivity index (χ4v) is 4.42. The quantitative estimate of drug-likeness (QED) is 0.345. The Labute approximate surface area is 203 Å². The van der Waals surface area contributed by atoms with Gasteiger partial charge in [-0.15, -0.1) is 0 Å². The third-order valence-electron chi connectivity index (χ3n) is 6.30. The van der Waals surface area contributed by atoms with Gasteiger partial charge in [-0.25, -0.2) is 0 Å². The summed E-state index contributed by atoms with van der Waals surface area (Å²) in [4.78, 5) is 30.1. The summed E-state index contributed by atoms with van der Waals surface area (Å²) in [5, 5.41) is 11.4. The number of rotatable bonds is 4. The second-order valence-corrected chi connectivity index (χ2v) is 8.85. The number of ether oxygens (including phenoxy) is 2. The van der Waals surface area contributed by atoms with Crippen LogP contribution in [0.3, 0.4) is 0 Å². The van der Waals surface area contributed by atoms with E-state index in [1.54, 1.807) is 18.2 Å². The van der Waals surface area contributed by atoms with Gasteiger partial charge in [0.2, 0.25) is 0 Å². The first-order chi connectivity index (χ1) is 16.8. The molecule has 2 heterocycles. The van der Waals surface area contributed by atoms with Crippen LogP contribution in [0.2, 0.25) is 0 Å². The number of aliphatic hydroxyl groups excluding tert-OH is 1. The maximum Gasteiger partial charge on any atom is 0.300 e. The predicted molar refractivity (Wildman–Crippen MR) is 134 cm³/mol. The summed E-state index contributed by atoms with van der Waals surface area (Å²) in [7, 11) is 3.88. The highest BCUT2D eigenvalue weighted by Gasteiger charge is 2.47. The lowest BCUT2D eigenvalue weighted by atomic mass is 9.94. The average molecular weight is 471 g/mol. The second kappa shape index (κ2) is 8.83. The summed E-state index contributed by atoms with van der Waals surface area (Å²) >= 11 is 0. The van der Waals surface area contributed by atoms with Crippen LogP contribution in [0.1, 0.15) is 22.7 Å². The number of hydrogen-bond donors (Lipinski definition) is 1. The number of carbonyl (C=O) groups is 2. The van der Waals surface area contributed by atoms with Crippen LogP contribution in [-0.2, 0) is 9.59 Å². The SMILES string of the molecule is Cc1ccc(N2C(=O)C(=O)/C(=C(\O)c3ccc4c(c3)OCCO4)C2c2ccc(N(C)C)cc2)cc1. The van der Waals surface area contributed by atoms with E-state index in [-0.39, 0.29) is 11.3 Å². The van der Waals surface area contributed by atoms with E-state index in [9.17, 15) is 14.7 Å². The highest BCUT2D eigenvalue weighted by atomic mass is 16.6. The van der Waals surface area contributed by atoms with Gasteiger partial charge in [-0.1, -0.05) is 29.8 Å². The van der Waals surface area contributed by atoms with E-state index in [0.29, 0.717) is 36.0 Å². The molecular weight excluding hydrogens is 444 g/mol. The van der Waals surface area contributed by atoms with Crippen molar-refractivity contribution in [2.75, 3.05) is 37.1 Å². The standard InChI is InChI=1S/C28H26N2O5/c1-17-4-9-21(10-5-17)30-25(18-6-11-20(12-7-18)29(2)3)24(27(32)28(30)33)26(31)19-8-13-22-23(16-19)35-15-14-34-22/h4-13,16,25,31H,14-15H2,1-3H3/b26-24-. The van der Waals surface area contributed by atoms with Crippen LogP contribution < -0.4 is 19.3 Å². The van der Waals surface area contributed by atoms with E-state index in [2.05, 4.69) is 0 Å². The molecule has 0 bridgehead atoms. The molecule has 2 aliphatic rings. The maximum absolute atomic E-state index is 13.3. The first-order valence-electron chi connectivity index (χ1n) is 11.4. The minimum atomic E-state index is -0.790. The largest absolute Gasteiger partial charge is 0.507 e. The van der Waals surface area contributed by atoms with Gasteiger partial charge in [-0.05, 0) is 55.0 Å². The summed E-state index contributed by atoms with van der Waals surface area (Å²) in [6, 6.07) is 19.2. The van der Waals surface area contributed by atoms with E-state index < -0.39 is 17.7 Å². The number of aryl methyl sites for hydroxylation is 1. The number of nitrogens with zero attached hydrogens (tertiary/aromatic N) is 2. The molecule has 1 amide bonds. The van der Waals surface area contributed by atoms with Crippen molar-refractivity contribution in [2.45, 2.75) is 13.0 Å². The molecule has 5 rings (SSSR count). The summed E-state index contributed by atoms with van der Waals surface area (Å²) in [6.07, 6.45) is 0. The number of aliphatic hydroxyl groups is 1. The summed E-state index contributed by atoms with van der Waals surface area (Å²) in [6.45, 7) is 2.80. The van der Waals surface area contributed by atoms with Gasteiger partial charge in [0.1, 0.15) is 19.0 Å². The zero-order chi connectivity index (χ0) is 24.7. The Bertz CT molecular complexity index is 1330. The molecule has 35 heavy (non-hydrogen) atoms. The zero-order valence-corrected chi connectivity index (χ0v) is 19.8. The van der Waals surface area contributed by atoms with E-state index in [1.807, 2.05) is 74.4 Å². The average Bonchev–Trinajstić information content (AvgIpc) is 3.14. The molecule has 0 radical (unpaired) electrons. The predicted octanol–water partition coefficient (Wildman–Crippen LogP) is 4.46. The topological polar surface area (TPSA) is 79.3 Å². The number of anilines is 2. The summed E-state index contributed by atoms with van der Waals surface area (Å²) in [5.41, 5.74) is 3.73. The van der Waals surface area contributed by atoms with Crippen LogP contribution >= 0.6 is 0 Å². The third-order valence-corrected chi connectivity index (χ3v) is 6.30. The van der Waals surface area contributed by atoms with Gasteiger partial charge in [0, 0.05) is 31.0 Å². The van der Waals surface area contributed by atoms with E-state index in [1.165, 1.54) is 4.90 Å². The fraction of sp³-hybridized carbons (Fsp3) is 0.214. The Kier molecular flexibility index (Phi) is 5.68. The van der Waals surface area contributed by atoms with Gasteiger partial charge in [-0.2, -0.15) is 0 Å². The van der Waals surface area contributed by atoms with Crippen molar-refractivity contribution in [1.82, 2.24) is 0 Å². The number of amides is 1. The molecule has 0 saturated carbocycles. The van der Waals surface area contributed by atoms with E-state index in [0.717, 1.165) is 16.8 Å². The minimum Gasteiger partial charge on any atom is -0.507 e. The Morgan fingerprint density at radius 3 is 2.23 bits per heavy atom. The first kappa shape index (κ1) is 22.5. The molecule has 1 saturated heterocycles.